The molecule has 0 heterocycles. The Hall–Kier alpha value is -2.13. The number of ether oxygens (including phenoxy) is 1. The van der Waals surface area contributed by atoms with Gasteiger partial charge in [0.25, 0.3) is 0 Å². The second kappa shape index (κ2) is 14.0. The van der Waals surface area contributed by atoms with Gasteiger partial charge in [-0.05, 0) is 91.2 Å². The van der Waals surface area contributed by atoms with E-state index in [9.17, 15) is 24.3 Å². The largest absolute Gasteiger partial charge is 0.481 e. The molecule has 0 amide bonds. The Morgan fingerprint density at radius 3 is 2.03 bits per heavy atom. The maximum Gasteiger partial charge on any atom is 0.322 e. The van der Waals surface area contributed by atoms with Crippen LogP contribution in [0, 0.1) is 22.2 Å². The number of rotatable bonds is 9. The molecule has 3 atom stereocenters. The summed E-state index contributed by atoms with van der Waals surface area (Å²) >= 11 is 9.38. The average molecular weight is 632 g/mol. The van der Waals surface area contributed by atoms with Crippen molar-refractivity contribution in [3.63, 3.8) is 0 Å². The fourth-order valence-electron chi connectivity index (χ4n) is 7.48. The third-order valence-electron chi connectivity index (χ3n) is 7.74. The summed E-state index contributed by atoms with van der Waals surface area (Å²) in [4.78, 5) is 42.1. The van der Waals surface area contributed by atoms with Gasteiger partial charge in [-0.2, -0.15) is 0 Å². The molecule has 1 aromatic rings. The number of esters is 1. The quantitative estimate of drug-likeness (QED) is 0.158. The van der Waals surface area contributed by atoms with Gasteiger partial charge in [-0.3, -0.25) is 19.2 Å². The molecular weight excluding hydrogens is 592 g/mol. The molecule has 4 saturated carbocycles. The minimum atomic E-state index is -0.840. The zero-order valence-corrected chi connectivity index (χ0v) is 25.2. The first kappa shape index (κ1) is 33.1. The molecule has 1 aromatic carbocycles. The standard InChI is InChI=1S/C14H21ClO2.C11H12O4.C4H7BrO2/c1-12-3-9-4-13(2,6-12)8-14(5-9,7-12)10(15)11(16)17;1-8(12)15-10-4-2-3-9(7-10)5-6-11(13)14;5-3-1-2-4(6)7/h9-10H,3-8H2,1-2H3,(H,16,17);2-4,7H,5-6H2,1H3,(H,13,14);1-3H2,(H,6,7). The van der Waals surface area contributed by atoms with Gasteiger partial charge in [0.2, 0.25) is 0 Å². The molecule has 3 unspecified atom stereocenters. The molecule has 4 aliphatic carbocycles. The van der Waals surface area contributed by atoms with E-state index in [2.05, 4.69) is 29.8 Å². The van der Waals surface area contributed by atoms with Crippen LogP contribution in [0.2, 0.25) is 0 Å². The lowest BCUT2D eigenvalue weighted by atomic mass is 9.40. The van der Waals surface area contributed by atoms with Gasteiger partial charge in [0.15, 0.2) is 0 Å². The Balaban J connectivity index is 0.000000223. The SMILES string of the molecule is CC(=O)Oc1cccc(CCC(=O)O)c1.CC12CC3CC(C)(C1)CC(C(Cl)C(=O)O)(C3)C2.O=C(O)CCCBr. The monoisotopic (exact) mass is 630 g/mol. The minimum absolute atomic E-state index is 0.0729. The summed E-state index contributed by atoms with van der Waals surface area (Å²) in [6.45, 7) is 6.01. The highest BCUT2D eigenvalue weighted by Gasteiger charge is 2.63. The highest BCUT2D eigenvalue weighted by molar-refractivity contribution is 9.09. The van der Waals surface area contributed by atoms with Gasteiger partial charge in [-0.15, -0.1) is 11.6 Å². The van der Waals surface area contributed by atoms with E-state index in [-0.39, 0.29) is 24.2 Å². The van der Waals surface area contributed by atoms with Crippen LogP contribution in [0.25, 0.3) is 0 Å². The fourth-order valence-corrected chi connectivity index (χ4v) is 8.00. The van der Waals surface area contributed by atoms with E-state index >= 15 is 0 Å². The van der Waals surface area contributed by atoms with Crippen molar-refractivity contribution >= 4 is 51.4 Å². The van der Waals surface area contributed by atoms with Crippen molar-refractivity contribution in [2.75, 3.05) is 5.33 Å². The van der Waals surface area contributed by atoms with Crippen LogP contribution < -0.4 is 4.74 Å². The number of aryl methyl sites for hydroxylation is 1. The molecule has 5 rings (SSSR count). The molecule has 3 N–H and O–H groups in total. The van der Waals surface area contributed by atoms with E-state index in [0.717, 1.165) is 36.6 Å². The molecule has 4 fully saturated rings. The summed E-state index contributed by atoms with van der Waals surface area (Å²) in [6, 6.07) is 6.86. The second-order valence-electron chi connectivity index (χ2n) is 12.0. The summed E-state index contributed by atoms with van der Waals surface area (Å²) in [5.41, 5.74) is 1.40. The molecule has 4 bridgehead atoms. The maximum atomic E-state index is 11.3. The molecule has 218 valence electrons. The summed E-state index contributed by atoms with van der Waals surface area (Å²) in [5, 5.41) is 25.9. The lowest BCUT2D eigenvalue weighted by Gasteiger charge is -2.66. The van der Waals surface area contributed by atoms with Crippen molar-refractivity contribution in [1.29, 1.82) is 0 Å². The summed E-state index contributed by atoms with van der Waals surface area (Å²) in [5.74, 6) is -1.61. The van der Waals surface area contributed by atoms with Gasteiger partial charge in [-0.25, -0.2) is 0 Å². The van der Waals surface area contributed by atoms with Crippen LogP contribution in [-0.4, -0.2) is 49.9 Å². The van der Waals surface area contributed by atoms with Gasteiger partial charge >= 0.3 is 23.9 Å². The molecule has 39 heavy (non-hydrogen) atoms. The number of hydrogen-bond acceptors (Lipinski definition) is 5. The molecular formula is C29H40BrClO8. The zero-order valence-electron chi connectivity index (χ0n) is 22.9. The molecule has 0 radical (unpaired) electrons. The molecule has 0 aliphatic heterocycles. The van der Waals surface area contributed by atoms with Gasteiger partial charge in [-0.1, -0.05) is 41.9 Å². The van der Waals surface area contributed by atoms with Crippen LogP contribution in [0.15, 0.2) is 24.3 Å². The van der Waals surface area contributed by atoms with Gasteiger partial charge in [0, 0.05) is 25.1 Å². The number of aliphatic carboxylic acids is 3. The van der Waals surface area contributed by atoms with E-state index in [0.29, 0.717) is 28.9 Å². The van der Waals surface area contributed by atoms with Crippen molar-refractivity contribution < 1.29 is 39.2 Å². The minimum Gasteiger partial charge on any atom is -0.481 e. The first-order valence-corrected chi connectivity index (χ1v) is 14.8. The second-order valence-corrected chi connectivity index (χ2v) is 13.2. The number of carboxylic acid groups (broad SMARTS) is 3. The van der Waals surface area contributed by atoms with Crippen LogP contribution in [0.4, 0.5) is 0 Å². The van der Waals surface area contributed by atoms with Crippen LogP contribution in [0.5, 0.6) is 5.75 Å². The number of benzene rings is 1. The van der Waals surface area contributed by atoms with Gasteiger partial charge < -0.3 is 20.1 Å². The van der Waals surface area contributed by atoms with E-state index in [1.54, 1.807) is 24.3 Å². The van der Waals surface area contributed by atoms with Gasteiger partial charge in [0.05, 0.1) is 0 Å². The first-order valence-electron chi connectivity index (χ1n) is 13.2. The van der Waals surface area contributed by atoms with Crippen molar-refractivity contribution in [2.24, 2.45) is 22.2 Å². The fraction of sp³-hybridized carbons (Fsp3) is 0.655. The zero-order chi connectivity index (χ0) is 29.4. The van der Waals surface area contributed by atoms with Crippen LogP contribution in [-0.2, 0) is 25.6 Å². The lowest BCUT2D eigenvalue weighted by molar-refractivity contribution is -0.163. The maximum absolute atomic E-state index is 11.3. The summed E-state index contributed by atoms with van der Waals surface area (Å²) < 4.78 is 4.88. The molecule has 4 aliphatic rings. The Labute approximate surface area is 243 Å². The summed E-state index contributed by atoms with van der Waals surface area (Å²) in [6.07, 6.45) is 8.41. The number of carbonyl (C=O) groups is 4. The molecule has 0 aromatic heterocycles. The van der Waals surface area contributed by atoms with Crippen molar-refractivity contribution in [1.82, 2.24) is 0 Å². The van der Waals surface area contributed by atoms with E-state index < -0.39 is 23.3 Å². The van der Waals surface area contributed by atoms with E-state index in [1.807, 2.05) is 0 Å². The molecule has 0 saturated heterocycles. The predicted molar refractivity (Wildman–Crippen MR) is 151 cm³/mol. The highest BCUT2D eigenvalue weighted by Crippen LogP contribution is 2.70. The van der Waals surface area contributed by atoms with Crippen LogP contribution in [0.1, 0.15) is 84.1 Å². The predicted octanol–water partition coefficient (Wildman–Crippen LogP) is 6.55. The Bertz CT molecular complexity index is 1030. The van der Waals surface area contributed by atoms with Crippen molar-refractivity contribution in [3.8, 4) is 5.75 Å². The Morgan fingerprint density at radius 1 is 1.00 bits per heavy atom. The van der Waals surface area contributed by atoms with E-state index in [4.69, 9.17) is 26.6 Å². The normalized spacial score (nSPS) is 28.7. The Morgan fingerprint density at radius 2 is 1.59 bits per heavy atom. The van der Waals surface area contributed by atoms with Crippen molar-refractivity contribution in [2.45, 2.75) is 90.4 Å². The number of carbonyl (C=O) groups excluding carboxylic acids is 1. The lowest BCUT2D eigenvalue weighted by Crippen LogP contribution is -2.59. The average Bonchev–Trinajstić information content (AvgIpc) is 2.79. The number of carboxylic acids is 3. The highest BCUT2D eigenvalue weighted by atomic mass is 79.9. The number of hydrogen-bond donors (Lipinski definition) is 3. The number of halogens is 2. The van der Waals surface area contributed by atoms with Crippen LogP contribution in [0.3, 0.4) is 0 Å². The van der Waals surface area contributed by atoms with Crippen LogP contribution >= 0.6 is 27.5 Å². The smallest absolute Gasteiger partial charge is 0.322 e. The molecule has 0 spiro atoms. The number of alkyl halides is 2. The van der Waals surface area contributed by atoms with E-state index in [1.165, 1.54) is 26.2 Å². The first-order chi connectivity index (χ1) is 18.1. The summed E-state index contributed by atoms with van der Waals surface area (Å²) in [7, 11) is 0. The molecule has 10 heteroatoms. The third-order valence-corrected chi connectivity index (χ3v) is 8.95. The topological polar surface area (TPSA) is 138 Å². The molecule has 8 nitrogen and oxygen atoms in total. The van der Waals surface area contributed by atoms with Gasteiger partial charge in [0.1, 0.15) is 11.1 Å². The third kappa shape index (κ3) is 10.1. The Kier molecular flexibility index (Phi) is 11.9. The van der Waals surface area contributed by atoms with Crippen molar-refractivity contribution in [3.05, 3.63) is 29.8 Å².